The standard InChI is InChI=1S/C12H12N2O4/c1-2-16-11-5-9(6-15)3-4-10(11)17-7-12-13-8-18-14-12/h3-6,8H,2,7H2,1H3. The van der Waals surface area contributed by atoms with Crippen LogP contribution in [-0.2, 0) is 6.61 Å². The van der Waals surface area contributed by atoms with Crippen LogP contribution < -0.4 is 9.47 Å². The molecule has 0 aliphatic carbocycles. The summed E-state index contributed by atoms with van der Waals surface area (Å²) in [5, 5.41) is 3.63. The second kappa shape index (κ2) is 5.81. The summed E-state index contributed by atoms with van der Waals surface area (Å²) < 4.78 is 15.5. The Balaban J connectivity index is 2.12. The predicted molar refractivity (Wildman–Crippen MR) is 61.6 cm³/mol. The zero-order chi connectivity index (χ0) is 12.8. The van der Waals surface area contributed by atoms with E-state index in [1.54, 1.807) is 18.2 Å². The van der Waals surface area contributed by atoms with Gasteiger partial charge in [0.25, 0.3) is 0 Å². The van der Waals surface area contributed by atoms with E-state index in [1.807, 2.05) is 6.92 Å². The van der Waals surface area contributed by atoms with Crippen LogP contribution in [0.4, 0.5) is 0 Å². The van der Waals surface area contributed by atoms with Crippen molar-refractivity contribution in [2.45, 2.75) is 13.5 Å². The first-order valence-corrected chi connectivity index (χ1v) is 5.43. The normalized spacial score (nSPS) is 10.1. The lowest BCUT2D eigenvalue weighted by atomic mass is 10.2. The van der Waals surface area contributed by atoms with Gasteiger partial charge in [0.15, 0.2) is 18.1 Å². The third-order valence-corrected chi connectivity index (χ3v) is 2.17. The summed E-state index contributed by atoms with van der Waals surface area (Å²) in [6.07, 6.45) is 1.99. The van der Waals surface area contributed by atoms with E-state index < -0.39 is 0 Å². The molecule has 0 saturated carbocycles. The highest BCUT2D eigenvalue weighted by Gasteiger charge is 2.08. The van der Waals surface area contributed by atoms with E-state index in [1.165, 1.54) is 6.39 Å². The molecule has 2 rings (SSSR count). The SMILES string of the molecule is CCOc1cc(C=O)ccc1OCc1ncon1. The third-order valence-electron chi connectivity index (χ3n) is 2.17. The van der Waals surface area contributed by atoms with Gasteiger partial charge >= 0.3 is 0 Å². The molecule has 0 radical (unpaired) electrons. The third kappa shape index (κ3) is 2.85. The molecule has 6 heteroatoms. The zero-order valence-corrected chi connectivity index (χ0v) is 9.83. The van der Waals surface area contributed by atoms with Crippen molar-refractivity contribution in [1.82, 2.24) is 10.1 Å². The lowest BCUT2D eigenvalue weighted by Gasteiger charge is -2.10. The van der Waals surface area contributed by atoms with Gasteiger partial charge in [-0.25, -0.2) is 0 Å². The second-order valence-electron chi connectivity index (χ2n) is 3.39. The van der Waals surface area contributed by atoms with E-state index in [9.17, 15) is 4.79 Å². The molecule has 0 saturated heterocycles. The van der Waals surface area contributed by atoms with Crippen molar-refractivity contribution in [2.24, 2.45) is 0 Å². The number of aldehydes is 1. The minimum atomic E-state index is 0.178. The number of nitrogens with zero attached hydrogens (tertiary/aromatic N) is 2. The molecule has 6 nitrogen and oxygen atoms in total. The number of carbonyl (C=O) groups is 1. The number of rotatable bonds is 6. The van der Waals surface area contributed by atoms with E-state index in [-0.39, 0.29) is 6.61 Å². The molecule has 0 fully saturated rings. The van der Waals surface area contributed by atoms with Gasteiger partial charge in [0, 0.05) is 5.56 Å². The van der Waals surface area contributed by atoms with Gasteiger partial charge in [0.2, 0.25) is 12.2 Å². The van der Waals surface area contributed by atoms with Crippen LogP contribution in [0.25, 0.3) is 0 Å². The maximum Gasteiger partial charge on any atom is 0.213 e. The number of carbonyl (C=O) groups excluding carboxylic acids is 1. The number of hydrogen-bond donors (Lipinski definition) is 0. The van der Waals surface area contributed by atoms with E-state index in [0.717, 1.165) is 6.29 Å². The molecule has 94 valence electrons. The van der Waals surface area contributed by atoms with E-state index in [0.29, 0.717) is 29.5 Å². The summed E-state index contributed by atoms with van der Waals surface area (Å²) in [4.78, 5) is 14.5. The van der Waals surface area contributed by atoms with Gasteiger partial charge in [0.1, 0.15) is 6.29 Å². The Bertz CT molecular complexity index is 511. The van der Waals surface area contributed by atoms with Crippen LogP contribution in [0.2, 0.25) is 0 Å². The number of hydrogen-bond acceptors (Lipinski definition) is 6. The molecule has 0 unspecified atom stereocenters. The highest BCUT2D eigenvalue weighted by atomic mass is 16.5. The van der Waals surface area contributed by atoms with Crippen molar-refractivity contribution in [1.29, 1.82) is 0 Å². The topological polar surface area (TPSA) is 74.5 Å². The Morgan fingerprint density at radius 1 is 1.33 bits per heavy atom. The lowest BCUT2D eigenvalue weighted by molar-refractivity contribution is 0.112. The van der Waals surface area contributed by atoms with Gasteiger partial charge in [-0.1, -0.05) is 5.16 Å². The fraction of sp³-hybridized carbons (Fsp3) is 0.250. The summed E-state index contributed by atoms with van der Waals surface area (Å²) in [5.41, 5.74) is 0.533. The summed E-state index contributed by atoms with van der Waals surface area (Å²) >= 11 is 0. The highest BCUT2D eigenvalue weighted by molar-refractivity contribution is 5.76. The van der Waals surface area contributed by atoms with Gasteiger partial charge in [-0.3, -0.25) is 4.79 Å². The molecule has 0 aliphatic rings. The number of benzene rings is 1. The molecule has 0 atom stereocenters. The molecule has 2 aromatic rings. The summed E-state index contributed by atoms with van der Waals surface area (Å²) in [6.45, 7) is 2.52. The fourth-order valence-corrected chi connectivity index (χ4v) is 1.38. The quantitative estimate of drug-likeness (QED) is 0.726. The van der Waals surface area contributed by atoms with Crippen molar-refractivity contribution in [3.8, 4) is 11.5 Å². The van der Waals surface area contributed by atoms with Crippen LogP contribution >= 0.6 is 0 Å². The van der Waals surface area contributed by atoms with E-state index in [4.69, 9.17) is 9.47 Å². The smallest absolute Gasteiger partial charge is 0.213 e. The van der Waals surface area contributed by atoms with Gasteiger partial charge in [-0.15, -0.1) is 0 Å². The average Bonchev–Trinajstić information content (AvgIpc) is 2.90. The minimum absolute atomic E-state index is 0.178. The van der Waals surface area contributed by atoms with Crippen LogP contribution in [0, 0.1) is 0 Å². The Morgan fingerprint density at radius 3 is 2.89 bits per heavy atom. The monoisotopic (exact) mass is 248 g/mol. The van der Waals surface area contributed by atoms with Crippen molar-refractivity contribution < 1.29 is 18.8 Å². The Labute approximate surface area is 104 Å². The second-order valence-corrected chi connectivity index (χ2v) is 3.39. The first-order chi connectivity index (χ1) is 8.83. The zero-order valence-electron chi connectivity index (χ0n) is 9.83. The van der Waals surface area contributed by atoms with Crippen LogP contribution in [0.5, 0.6) is 11.5 Å². The molecule has 0 spiro atoms. The van der Waals surface area contributed by atoms with Crippen LogP contribution in [0.1, 0.15) is 23.1 Å². The maximum absolute atomic E-state index is 10.7. The van der Waals surface area contributed by atoms with Crippen LogP contribution in [0.15, 0.2) is 29.1 Å². The molecular weight excluding hydrogens is 236 g/mol. The van der Waals surface area contributed by atoms with Crippen molar-refractivity contribution in [3.63, 3.8) is 0 Å². The maximum atomic E-state index is 10.7. The average molecular weight is 248 g/mol. The molecule has 0 N–H and O–H groups in total. The molecular formula is C12H12N2O4. The predicted octanol–water partition coefficient (Wildman–Crippen LogP) is 1.86. The molecule has 0 bridgehead atoms. The first-order valence-electron chi connectivity index (χ1n) is 5.43. The van der Waals surface area contributed by atoms with Gasteiger partial charge in [-0.2, -0.15) is 4.98 Å². The Kier molecular flexibility index (Phi) is 3.90. The number of ether oxygens (including phenoxy) is 2. The molecule has 18 heavy (non-hydrogen) atoms. The Morgan fingerprint density at radius 2 is 2.22 bits per heavy atom. The Hall–Kier alpha value is -2.37. The number of aromatic nitrogens is 2. The van der Waals surface area contributed by atoms with Gasteiger partial charge in [-0.05, 0) is 25.1 Å². The summed E-state index contributed by atoms with van der Waals surface area (Å²) in [7, 11) is 0. The van der Waals surface area contributed by atoms with Crippen molar-refractivity contribution >= 4 is 6.29 Å². The molecule has 0 aliphatic heterocycles. The van der Waals surface area contributed by atoms with Crippen LogP contribution in [0.3, 0.4) is 0 Å². The van der Waals surface area contributed by atoms with E-state index >= 15 is 0 Å². The summed E-state index contributed by atoms with van der Waals surface area (Å²) in [6, 6.07) is 4.96. The van der Waals surface area contributed by atoms with Crippen molar-refractivity contribution in [2.75, 3.05) is 6.61 Å². The molecule has 1 aromatic heterocycles. The van der Waals surface area contributed by atoms with Crippen LogP contribution in [-0.4, -0.2) is 23.0 Å². The largest absolute Gasteiger partial charge is 0.490 e. The summed E-state index contributed by atoms with van der Waals surface area (Å²) in [5.74, 6) is 1.50. The lowest BCUT2D eigenvalue weighted by Crippen LogP contribution is -2.01. The van der Waals surface area contributed by atoms with Crippen molar-refractivity contribution in [3.05, 3.63) is 36.0 Å². The fourth-order valence-electron chi connectivity index (χ4n) is 1.38. The molecule has 1 aromatic carbocycles. The van der Waals surface area contributed by atoms with Gasteiger partial charge in [0.05, 0.1) is 6.61 Å². The first kappa shape index (κ1) is 12.1. The molecule has 0 amide bonds. The van der Waals surface area contributed by atoms with E-state index in [2.05, 4.69) is 14.7 Å². The molecule has 1 heterocycles. The minimum Gasteiger partial charge on any atom is -0.490 e. The highest BCUT2D eigenvalue weighted by Crippen LogP contribution is 2.28. The van der Waals surface area contributed by atoms with Gasteiger partial charge < -0.3 is 14.0 Å².